The van der Waals surface area contributed by atoms with Gasteiger partial charge < -0.3 is 5.73 Å². The molecule has 12 heteroatoms. The van der Waals surface area contributed by atoms with Crippen LogP contribution in [-0.4, -0.2) is 59.9 Å². The first-order valence-electron chi connectivity index (χ1n) is 9.64. The van der Waals surface area contributed by atoms with Gasteiger partial charge in [-0.2, -0.15) is 9.78 Å². The summed E-state index contributed by atoms with van der Waals surface area (Å²) in [5.74, 6) is -0.378. The summed E-state index contributed by atoms with van der Waals surface area (Å²) in [6, 6.07) is 3.65. The van der Waals surface area contributed by atoms with E-state index in [0.717, 1.165) is 31.5 Å². The second kappa shape index (κ2) is 8.78. The molecular weight excluding hydrogens is 388 g/mol. The number of hydrogen-bond donors (Lipinski definition) is 2. The molecule has 1 aliphatic heterocycles. The van der Waals surface area contributed by atoms with Gasteiger partial charge in [-0.1, -0.05) is 17.7 Å². The van der Waals surface area contributed by atoms with Gasteiger partial charge in [-0.05, 0) is 49.2 Å². The van der Waals surface area contributed by atoms with E-state index in [-0.39, 0.29) is 17.3 Å². The van der Waals surface area contributed by atoms with Crippen LogP contribution in [-0.2, 0) is 6.54 Å². The topological polar surface area (TPSA) is 153 Å². The second-order valence-electron chi connectivity index (χ2n) is 6.99. The van der Waals surface area contributed by atoms with E-state index in [2.05, 4.69) is 45.7 Å². The Bertz CT molecular complexity index is 1040. The van der Waals surface area contributed by atoms with Gasteiger partial charge in [0.15, 0.2) is 5.69 Å². The van der Waals surface area contributed by atoms with Crippen molar-refractivity contribution in [3.05, 3.63) is 41.5 Å². The van der Waals surface area contributed by atoms with Gasteiger partial charge in [-0.15, -0.1) is 5.10 Å². The van der Waals surface area contributed by atoms with Gasteiger partial charge in [0.2, 0.25) is 11.6 Å². The van der Waals surface area contributed by atoms with Crippen LogP contribution >= 0.6 is 0 Å². The molecule has 0 aliphatic carbocycles. The van der Waals surface area contributed by atoms with Crippen LogP contribution in [0.4, 0.5) is 5.82 Å². The number of carbonyl (C=O) groups excluding carboxylic acids is 1. The molecule has 0 spiro atoms. The average Bonchev–Trinajstić information content (AvgIpc) is 3.38. The SMILES string of the molecule is C/C(=N\NC(=O)c1c(CN2CCCCC2)nnn1-c1nonc1N)c1cccnc1. The first-order chi connectivity index (χ1) is 14.6. The van der Waals surface area contributed by atoms with Crippen molar-refractivity contribution in [2.75, 3.05) is 18.8 Å². The zero-order valence-electron chi connectivity index (χ0n) is 16.5. The van der Waals surface area contributed by atoms with E-state index in [1.165, 1.54) is 11.1 Å². The van der Waals surface area contributed by atoms with Crippen molar-refractivity contribution >= 4 is 17.4 Å². The van der Waals surface area contributed by atoms with Crippen molar-refractivity contribution in [3.63, 3.8) is 0 Å². The number of nitrogens with one attached hydrogen (secondary N) is 1. The summed E-state index contributed by atoms with van der Waals surface area (Å²) in [5.41, 5.74) is 10.5. The molecule has 1 amide bonds. The van der Waals surface area contributed by atoms with E-state index in [0.29, 0.717) is 18.0 Å². The number of nitrogens with two attached hydrogens (primary N) is 1. The second-order valence-corrected chi connectivity index (χ2v) is 6.99. The minimum atomic E-state index is -0.488. The quantitative estimate of drug-likeness (QED) is 0.443. The summed E-state index contributed by atoms with van der Waals surface area (Å²) >= 11 is 0. The van der Waals surface area contributed by atoms with Crippen LogP contribution in [0.1, 0.15) is 47.9 Å². The number of carbonyl (C=O) groups is 1. The number of piperidine rings is 1. The van der Waals surface area contributed by atoms with Crippen molar-refractivity contribution in [2.45, 2.75) is 32.7 Å². The molecule has 4 rings (SSSR count). The standard InChI is InChI=1S/C18H22N10O2/c1-12(13-6-5-7-20-10-13)21-23-18(29)15-14(11-27-8-3-2-4-9-27)22-26-28(15)17-16(19)24-30-25-17/h5-7,10H,2-4,8-9,11H2,1H3,(H2,19,24)(H,23,29)/b21-12+. The number of hydrogen-bond acceptors (Lipinski definition) is 10. The van der Waals surface area contributed by atoms with Crippen LogP contribution in [0.25, 0.3) is 5.82 Å². The molecule has 0 saturated carbocycles. The Morgan fingerprint density at radius 2 is 2.13 bits per heavy atom. The van der Waals surface area contributed by atoms with E-state index >= 15 is 0 Å². The number of rotatable bonds is 6. The predicted octanol–water partition coefficient (Wildman–Crippen LogP) is 0.767. The predicted molar refractivity (Wildman–Crippen MR) is 107 cm³/mol. The highest BCUT2D eigenvalue weighted by Gasteiger charge is 2.26. The van der Waals surface area contributed by atoms with E-state index in [9.17, 15) is 4.79 Å². The maximum absolute atomic E-state index is 13.1. The van der Waals surface area contributed by atoms with Crippen molar-refractivity contribution in [1.82, 2.24) is 40.6 Å². The molecule has 1 fully saturated rings. The largest absolute Gasteiger partial charge is 0.378 e. The van der Waals surface area contributed by atoms with Crippen LogP contribution in [0.2, 0.25) is 0 Å². The van der Waals surface area contributed by atoms with Gasteiger partial charge in [-0.3, -0.25) is 14.7 Å². The first-order valence-corrected chi connectivity index (χ1v) is 9.64. The van der Waals surface area contributed by atoms with Crippen LogP contribution in [0.15, 0.2) is 34.3 Å². The van der Waals surface area contributed by atoms with E-state index in [4.69, 9.17) is 5.73 Å². The van der Waals surface area contributed by atoms with Gasteiger partial charge in [0.25, 0.3) is 5.91 Å². The maximum Gasteiger partial charge on any atom is 0.292 e. The smallest absolute Gasteiger partial charge is 0.292 e. The summed E-state index contributed by atoms with van der Waals surface area (Å²) in [7, 11) is 0. The molecule has 1 aliphatic rings. The fourth-order valence-electron chi connectivity index (χ4n) is 3.29. The Balaban J connectivity index is 1.62. The number of nitrogen functional groups attached to an aromatic ring is 1. The third-order valence-corrected chi connectivity index (χ3v) is 4.88. The number of anilines is 1. The van der Waals surface area contributed by atoms with Gasteiger partial charge in [0.05, 0.1) is 5.71 Å². The number of hydrazone groups is 1. The minimum Gasteiger partial charge on any atom is -0.378 e. The molecule has 12 nitrogen and oxygen atoms in total. The molecule has 3 aromatic rings. The zero-order valence-corrected chi connectivity index (χ0v) is 16.5. The molecule has 0 bridgehead atoms. The lowest BCUT2D eigenvalue weighted by Gasteiger charge is -2.25. The first kappa shape index (κ1) is 19.6. The Morgan fingerprint density at radius 3 is 2.83 bits per heavy atom. The molecule has 156 valence electrons. The molecule has 0 unspecified atom stereocenters. The monoisotopic (exact) mass is 410 g/mol. The van der Waals surface area contributed by atoms with Gasteiger partial charge in [0.1, 0.15) is 5.69 Å². The summed E-state index contributed by atoms with van der Waals surface area (Å²) in [6.07, 6.45) is 6.78. The van der Waals surface area contributed by atoms with Crippen molar-refractivity contribution in [3.8, 4) is 5.82 Å². The molecular formula is C18H22N10O2. The highest BCUT2D eigenvalue weighted by molar-refractivity contribution is 6.00. The highest BCUT2D eigenvalue weighted by atomic mass is 16.6. The molecule has 30 heavy (non-hydrogen) atoms. The molecule has 3 aromatic heterocycles. The number of aromatic nitrogens is 6. The highest BCUT2D eigenvalue weighted by Crippen LogP contribution is 2.19. The van der Waals surface area contributed by atoms with Crippen LogP contribution in [0.5, 0.6) is 0 Å². The third kappa shape index (κ3) is 4.17. The number of amides is 1. The van der Waals surface area contributed by atoms with Crippen molar-refractivity contribution in [2.24, 2.45) is 5.10 Å². The molecule has 4 heterocycles. The Hall–Kier alpha value is -3.67. The Kier molecular flexibility index (Phi) is 5.75. The fraction of sp³-hybridized carbons (Fsp3) is 0.389. The average molecular weight is 410 g/mol. The number of pyridine rings is 1. The summed E-state index contributed by atoms with van der Waals surface area (Å²) in [5, 5.41) is 19.8. The molecule has 1 saturated heterocycles. The number of likely N-dealkylation sites (tertiary alicyclic amines) is 1. The van der Waals surface area contributed by atoms with E-state index < -0.39 is 5.91 Å². The maximum atomic E-state index is 13.1. The summed E-state index contributed by atoms with van der Waals surface area (Å²) in [6.45, 7) is 4.15. The summed E-state index contributed by atoms with van der Waals surface area (Å²) in [4.78, 5) is 19.4. The lowest BCUT2D eigenvalue weighted by molar-refractivity contribution is 0.0944. The van der Waals surface area contributed by atoms with Crippen molar-refractivity contribution in [1.29, 1.82) is 0 Å². The van der Waals surface area contributed by atoms with E-state index in [1.54, 1.807) is 25.4 Å². The van der Waals surface area contributed by atoms with Crippen LogP contribution in [0, 0.1) is 0 Å². The molecule has 0 atom stereocenters. The number of nitrogens with zero attached hydrogens (tertiary/aromatic N) is 8. The van der Waals surface area contributed by atoms with E-state index in [1.807, 2.05) is 6.07 Å². The Morgan fingerprint density at radius 1 is 1.30 bits per heavy atom. The lowest BCUT2D eigenvalue weighted by Crippen LogP contribution is -2.31. The lowest BCUT2D eigenvalue weighted by atomic mass is 10.1. The van der Waals surface area contributed by atoms with Gasteiger partial charge in [0, 0.05) is 24.5 Å². The minimum absolute atomic E-state index is 0.00788. The third-order valence-electron chi connectivity index (χ3n) is 4.88. The fourth-order valence-corrected chi connectivity index (χ4v) is 3.29. The zero-order chi connectivity index (χ0) is 20.9. The molecule has 3 N–H and O–H groups in total. The van der Waals surface area contributed by atoms with Gasteiger partial charge >= 0.3 is 0 Å². The van der Waals surface area contributed by atoms with Crippen LogP contribution < -0.4 is 11.2 Å². The normalized spacial score (nSPS) is 15.3. The summed E-state index contributed by atoms with van der Waals surface area (Å²) < 4.78 is 5.89. The van der Waals surface area contributed by atoms with Crippen LogP contribution in [0.3, 0.4) is 0 Å². The Labute approximate surface area is 172 Å². The van der Waals surface area contributed by atoms with Gasteiger partial charge in [-0.25, -0.2) is 10.1 Å². The van der Waals surface area contributed by atoms with Crippen molar-refractivity contribution < 1.29 is 9.42 Å². The molecule has 0 aromatic carbocycles. The molecule has 0 radical (unpaired) electrons.